The molecule has 0 saturated carbocycles. The SMILES string of the molecule is COc1ccc2[nH]cc(CC(=O)/N=C(\N)NCc3cc(Cl)c(N)c(Cl)c3)c2c1. The van der Waals surface area contributed by atoms with Gasteiger partial charge in [-0.3, -0.25) is 4.79 Å². The molecule has 6 N–H and O–H groups in total. The summed E-state index contributed by atoms with van der Waals surface area (Å²) in [6.07, 6.45) is 1.88. The molecule has 0 radical (unpaired) electrons. The van der Waals surface area contributed by atoms with Crippen molar-refractivity contribution in [3.63, 3.8) is 0 Å². The summed E-state index contributed by atoms with van der Waals surface area (Å²) in [7, 11) is 1.59. The fraction of sp³-hybridized carbons (Fsp3) is 0.158. The molecule has 0 aliphatic heterocycles. The number of aromatic nitrogens is 1. The quantitative estimate of drug-likeness (QED) is 0.287. The maximum Gasteiger partial charge on any atom is 0.253 e. The zero-order valence-corrected chi connectivity index (χ0v) is 16.6. The number of hydrogen-bond donors (Lipinski definition) is 4. The van der Waals surface area contributed by atoms with E-state index in [1.807, 2.05) is 18.2 Å². The fourth-order valence-electron chi connectivity index (χ4n) is 2.74. The molecule has 0 saturated heterocycles. The number of hydrogen-bond acceptors (Lipinski definition) is 3. The standard InChI is InChI=1S/C19H19Cl2N5O2/c1-28-12-2-3-16-13(7-12)11(9-24-16)6-17(27)26-19(23)25-8-10-4-14(20)18(22)15(21)5-10/h2-5,7,9,24H,6,8,22H2,1H3,(H3,23,25,26,27). The third kappa shape index (κ3) is 4.49. The van der Waals surface area contributed by atoms with Crippen LogP contribution >= 0.6 is 23.2 Å². The minimum Gasteiger partial charge on any atom is -0.497 e. The molecule has 1 heterocycles. The van der Waals surface area contributed by atoms with Crippen molar-refractivity contribution in [1.82, 2.24) is 10.3 Å². The lowest BCUT2D eigenvalue weighted by Gasteiger charge is -2.08. The molecule has 0 fully saturated rings. The summed E-state index contributed by atoms with van der Waals surface area (Å²) in [5, 5.41) is 4.47. The number of carbonyl (C=O) groups excluding carboxylic acids is 1. The lowest BCUT2D eigenvalue weighted by atomic mass is 10.1. The lowest BCUT2D eigenvalue weighted by Crippen LogP contribution is -2.32. The van der Waals surface area contributed by atoms with Gasteiger partial charge in [0.1, 0.15) is 5.75 Å². The monoisotopic (exact) mass is 419 g/mol. The first-order valence-electron chi connectivity index (χ1n) is 8.35. The number of nitrogen functional groups attached to an aromatic ring is 1. The number of nitrogens with zero attached hydrogens (tertiary/aromatic N) is 1. The first-order valence-corrected chi connectivity index (χ1v) is 9.11. The highest BCUT2D eigenvalue weighted by Crippen LogP contribution is 2.28. The van der Waals surface area contributed by atoms with Crippen LogP contribution in [0.5, 0.6) is 5.75 Å². The molecule has 146 valence electrons. The van der Waals surface area contributed by atoms with E-state index in [-0.39, 0.29) is 18.3 Å². The topological polar surface area (TPSA) is 119 Å². The van der Waals surface area contributed by atoms with Gasteiger partial charge in [-0.1, -0.05) is 23.2 Å². The summed E-state index contributed by atoms with van der Waals surface area (Å²) in [5.74, 6) is 0.347. The molecule has 2 aromatic carbocycles. The fourth-order valence-corrected chi connectivity index (χ4v) is 3.27. The molecule has 0 bridgehead atoms. The van der Waals surface area contributed by atoms with Crippen molar-refractivity contribution in [1.29, 1.82) is 0 Å². The van der Waals surface area contributed by atoms with Crippen molar-refractivity contribution < 1.29 is 9.53 Å². The van der Waals surface area contributed by atoms with E-state index in [2.05, 4.69) is 15.3 Å². The second-order valence-electron chi connectivity index (χ2n) is 6.12. The summed E-state index contributed by atoms with van der Waals surface area (Å²) < 4.78 is 5.23. The lowest BCUT2D eigenvalue weighted by molar-refractivity contribution is -0.117. The first-order chi connectivity index (χ1) is 13.4. The van der Waals surface area contributed by atoms with Crippen molar-refractivity contribution in [2.24, 2.45) is 10.7 Å². The largest absolute Gasteiger partial charge is 0.497 e. The number of anilines is 1. The normalized spacial score (nSPS) is 11.6. The number of benzene rings is 2. The van der Waals surface area contributed by atoms with Gasteiger partial charge in [-0.25, -0.2) is 0 Å². The average Bonchev–Trinajstić information content (AvgIpc) is 3.06. The third-order valence-electron chi connectivity index (χ3n) is 4.17. The summed E-state index contributed by atoms with van der Waals surface area (Å²) in [4.78, 5) is 19.3. The molecule has 1 aromatic heterocycles. The maximum absolute atomic E-state index is 12.3. The minimum absolute atomic E-state index is 0.00601. The van der Waals surface area contributed by atoms with Crippen LogP contribution in [0, 0.1) is 0 Å². The molecule has 0 atom stereocenters. The van der Waals surface area contributed by atoms with Crippen LogP contribution in [0.1, 0.15) is 11.1 Å². The van der Waals surface area contributed by atoms with Crippen LogP contribution in [0.2, 0.25) is 10.0 Å². The van der Waals surface area contributed by atoms with Crippen molar-refractivity contribution in [2.75, 3.05) is 12.8 Å². The van der Waals surface area contributed by atoms with E-state index in [1.54, 1.807) is 25.4 Å². The molecule has 7 nitrogen and oxygen atoms in total. The number of halogens is 2. The highest BCUT2D eigenvalue weighted by molar-refractivity contribution is 6.38. The van der Waals surface area contributed by atoms with Gasteiger partial charge >= 0.3 is 0 Å². The third-order valence-corrected chi connectivity index (χ3v) is 4.80. The molecule has 0 spiro atoms. The predicted molar refractivity (Wildman–Crippen MR) is 113 cm³/mol. The molecular weight excluding hydrogens is 401 g/mol. The van der Waals surface area contributed by atoms with Crippen LogP contribution in [0.25, 0.3) is 10.9 Å². The summed E-state index contributed by atoms with van der Waals surface area (Å²) in [6, 6.07) is 8.95. The number of aliphatic imine (C=N–C) groups is 1. The number of rotatable bonds is 5. The highest BCUT2D eigenvalue weighted by atomic mass is 35.5. The number of nitrogens with two attached hydrogens (primary N) is 2. The van der Waals surface area contributed by atoms with Crippen LogP contribution < -0.4 is 21.5 Å². The van der Waals surface area contributed by atoms with Crippen molar-refractivity contribution in [2.45, 2.75) is 13.0 Å². The van der Waals surface area contributed by atoms with E-state index in [1.165, 1.54) is 0 Å². The smallest absolute Gasteiger partial charge is 0.253 e. The van der Waals surface area contributed by atoms with E-state index in [0.717, 1.165) is 22.0 Å². The summed E-state index contributed by atoms with van der Waals surface area (Å²) in [5.41, 5.74) is 14.3. The van der Waals surface area contributed by atoms with E-state index in [9.17, 15) is 4.79 Å². The Morgan fingerprint density at radius 2 is 1.96 bits per heavy atom. The molecule has 0 aliphatic rings. The molecular formula is C19H19Cl2N5O2. The Morgan fingerprint density at radius 3 is 2.64 bits per heavy atom. The average molecular weight is 420 g/mol. The van der Waals surface area contributed by atoms with Gasteiger partial charge in [0.2, 0.25) is 0 Å². The molecule has 1 amide bonds. The predicted octanol–water partition coefficient (Wildman–Crippen LogP) is 3.24. The number of carbonyl (C=O) groups is 1. The van der Waals surface area contributed by atoms with Gasteiger partial charge in [0.15, 0.2) is 5.96 Å². The highest BCUT2D eigenvalue weighted by Gasteiger charge is 2.10. The second-order valence-corrected chi connectivity index (χ2v) is 6.93. The van der Waals surface area contributed by atoms with E-state index in [4.69, 9.17) is 39.4 Å². The number of fused-ring (bicyclic) bond motifs is 1. The Kier molecular flexibility index (Phi) is 5.96. The minimum atomic E-state index is -0.373. The Hall–Kier alpha value is -2.90. The molecule has 3 rings (SSSR count). The summed E-state index contributed by atoms with van der Waals surface area (Å²) >= 11 is 12.0. The molecule has 28 heavy (non-hydrogen) atoms. The van der Waals surface area contributed by atoms with Crippen LogP contribution in [-0.4, -0.2) is 24.0 Å². The number of H-pyrrole nitrogens is 1. The zero-order chi connectivity index (χ0) is 20.3. The Labute approximate surface area is 171 Å². The van der Waals surface area contributed by atoms with Crippen molar-refractivity contribution in [3.05, 3.63) is 57.7 Å². The van der Waals surface area contributed by atoms with Gasteiger partial charge in [-0.2, -0.15) is 4.99 Å². The number of amides is 1. The number of guanidine groups is 1. The van der Waals surface area contributed by atoms with Gasteiger partial charge in [0.05, 0.1) is 29.3 Å². The summed E-state index contributed by atoms with van der Waals surface area (Å²) in [6.45, 7) is 0.298. The van der Waals surface area contributed by atoms with E-state index < -0.39 is 0 Å². The van der Waals surface area contributed by atoms with Gasteiger partial charge in [0.25, 0.3) is 5.91 Å². The molecule has 9 heteroatoms. The van der Waals surface area contributed by atoms with Crippen molar-refractivity contribution >= 4 is 51.7 Å². The van der Waals surface area contributed by atoms with E-state index >= 15 is 0 Å². The van der Waals surface area contributed by atoms with Gasteiger partial charge in [-0.05, 0) is 41.5 Å². The Bertz CT molecular complexity index is 1040. The number of ether oxygens (including phenoxy) is 1. The van der Waals surface area contributed by atoms with Crippen LogP contribution in [0.3, 0.4) is 0 Å². The maximum atomic E-state index is 12.3. The second kappa shape index (κ2) is 8.41. The number of aromatic amines is 1. The first kappa shape index (κ1) is 19.9. The molecule has 3 aromatic rings. The van der Waals surface area contributed by atoms with Crippen LogP contribution in [0.15, 0.2) is 41.5 Å². The molecule has 0 unspecified atom stereocenters. The Balaban J connectivity index is 1.66. The Morgan fingerprint density at radius 1 is 1.25 bits per heavy atom. The van der Waals surface area contributed by atoms with E-state index in [0.29, 0.717) is 28.0 Å². The van der Waals surface area contributed by atoms with Gasteiger partial charge < -0.3 is 26.5 Å². The number of methoxy groups -OCH3 is 1. The van der Waals surface area contributed by atoms with Crippen LogP contribution in [-0.2, 0) is 17.8 Å². The van der Waals surface area contributed by atoms with Gasteiger partial charge in [-0.15, -0.1) is 0 Å². The van der Waals surface area contributed by atoms with Crippen LogP contribution in [0.4, 0.5) is 5.69 Å². The van der Waals surface area contributed by atoms with Gasteiger partial charge in [0, 0.05) is 23.6 Å². The van der Waals surface area contributed by atoms with Crippen molar-refractivity contribution in [3.8, 4) is 5.75 Å². The zero-order valence-electron chi connectivity index (χ0n) is 15.1. The molecule has 0 aliphatic carbocycles. The number of nitrogens with one attached hydrogen (secondary N) is 2.